The number of aromatic nitrogens is 1. The molecule has 2 rings (SSSR count). The molecule has 24 heavy (non-hydrogen) atoms. The van der Waals surface area contributed by atoms with Crippen LogP contribution in [-0.4, -0.2) is 28.9 Å². The average Bonchev–Trinajstić information content (AvgIpc) is 2.61. The van der Waals surface area contributed by atoms with Crippen LogP contribution in [0.15, 0.2) is 42.6 Å². The van der Waals surface area contributed by atoms with Gasteiger partial charge in [-0.3, -0.25) is 19.9 Å². The van der Waals surface area contributed by atoms with Crippen LogP contribution in [-0.2, 0) is 4.74 Å². The Morgan fingerprint density at radius 1 is 1.25 bits per heavy atom. The number of nitrogens with zero attached hydrogens (tertiary/aromatic N) is 2. The second-order valence-electron chi connectivity index (χ2n) is 4.97. The third kappa shape index (κ3) is 3.92. The molecule has 0 saturated carbocycles. The molecule has 0 fully saturated rings. The van der Waals surface area contributed by atoms with Crippen molar-refractivity contribution in [3.05, 3.63) is 69.5 Å². The van der Waals surface area contributed by atoms with Crippen molar-refractivity contribution < 1.29 is 19.2 Å². The zero-order chi connectivity index (χ0) is 17.7. The SMILES string of the molecule is COC(=O)c1cc(C(=O)NC(C)c2ccccn2)cc([N+](=O)[O-])c1. The Hall–Kier alpha value is -3.29. The molecular formula is C16H15N3O5. The molecule has 1 atom stereocenters. The first kappa shape index (κ1) is 17.1. The number of rotatable bonds is 5. The fourth-order valence-corrected chi connectivity index (χ4v) is 2.07. The molecule has 1 unspecified atom stereocenters. The van der Waals surface area contributed by atoms with E-state index >= 15 is 0 Å². The van der Waals surface area contributed by atoms with E-state index in [2.05, 4.69) is 15.0 Å². The van der Waals surface area contributed by atoms with Gasteiger partial charge in [-0.1, -0.05) is 6.07 Å². The van der Waals surface area contributed by atoms with Crippen molar-refractivity contribution in [2.45, 2.75) is 13.0 Å². The van der Waals surface area contributed by atoms with Crippen LogP contribution in [0.1, 0.15) is 39.4 Å². The first-order valence-corrected chi connectivity index (χ1v) is 7.02. The van der Waals surface area contributed by atoms with Crippen LogP contribution in [0.3, 0.4) is 0 Å². The topological polar surface area (TPSA) is 111 Å². The number of benzene rings is 1. The summed E-state index contributed by atoms with van der Waals surface area (Å²) < 4.78 is 4.55. The van der Waals surface area contributed by atoms with Crippen molar-refractivity contribution in [1.29, 1.82) is 0 Å². The number of methoxy groups -OCH3 is 1. The normalized spacial score (nSPS) is 11.4. The Morgan fingerprint density at radius 2 is 1.96 bits per heavy atom. The van der Waals surface area contributed by atoms with E-state index in [4.69, 9.17) is 0 Å². The Bertz CT molecular complexity index is 777. The van der Waals surface area contributed by atoms with Gasteiger partial charge in [-0.2, -0.15) is 0 Å². The fraction of sp³-hybridized carbons (Fsp3) is 0.188. The summed E-state index contributed by atoms with van der Waals surface area (Å²) in [5.41, 5.74) is 0.202. The van der Waals surface area contributed by atoms with E-state index in [1.807, 2.05) is 0 Å². The summed E-state index contributed by atoms with van der Waals surface area (Å²) in [6, 6.07) is 8.30. The molecule has 8 heteroatoms. The highest BCUT2D eigenvalue weighted by molar-refractivity contribution is 5.99. The van der Waals surface area contributed by atoms with Crippen LogP contribution in [0, 0.1) is 10.1 Å². The molecule has 0 saturated heterocycles. The molecule has 0 aliphatic carbocycles. The van der Waals surface area contributed by atoms with Gasteiger partial charge in [0, 0.05) is 23.9 Å². The maximum absolute atomic E-state index is 12.4. The van der Waals surface area contributed by atoms with Crippen molar-refractivity contribution in [2.24, 2.45) is 0 Å². The molecule has 1 aromatic heterocycles. The van der Waals surface area contributed by atoms with Crippen molar-refractivity contribution in [1.82, 2.24) is 10.3 Å². The number of nitro benzene ring substituents is 1. The van der Waals surface area contributed by atoms with Crippen molar-refractivity contribution in [2.75, 3.05) is 7.11 Å². The average molecular weight is 329 g/mol. The van der Waals surface area contributed by atoms with E-state index in [-0.39, 0.29) is 16.8 Å². The molecule has 0 aliphatic heterocycles. The minimum Gasteiger partial charge on any atom is -0.465 e. The summed E-state index contributed by atoms with van der Waals surface area (Å²) in [5, 5.41) is 13.7. The molecular weight excluding hydrogens is 314 g/mol. The molecule has 2 aromatic rings. The molecule has 1 heterocycles. The van der Waals surface area contributed by atoms with Crippen LogP contribution in [0.2, 0.25) is 0 Å². The number of hydrogen-bond donors (Lipinski definition) is 1. The number of nitrogens with one attached hydrogen (secondary N) is 1. The molecule has 124 valence electrons. The van der Waals surface area contributed by atoms with E-state index in [1.165, 1.54) is 6.07 Å². The Morgan fingerprint density at radius 3 is 2.54 bits per heavy atom. The van der Waals surface area contributed by atoms with Gasteiger partial charge in [0.15, 0.2) is 0 Å². The molecule has 1 amide bonds. The Balaban J connectivity index is 2.29. The van der Waals surface area contributed by atoms with Gasteiger partial charge in [0.25, 0.3) is 11.6 Å². The monoisotopic (exact) mass is 329 g/mol. The van der Waals surface area contributed by atoms with E-state index in [9.17, 15) is 19.7 Å². The standard InChI is InChI=1S/C16H15N3O5/c1-10(14-5-3-4-6-17-14)18-15(20)11-7-12(16(21)24-2)9-13(8-11)19(22)23/h3-10H,1-2H3,(H,18,20). The van der Waals surface area contributed by atoms with Crippen molar-refractivity contribution in [3.8, 4) is 0 Å². The van der Waals surface area contributed by atoms with Crippen molar-refractivity contribution >= 4 is 17.6 Å². The lowest BCUT2D eigenvalue weighted by Gasteiger charge is -2.13. The van der Waals surface area contributed by atoms with Crippen LogP contribution >= 0.6 is 0 Å². The summed E-state index contributed by atoms with van der Waals surface area (Å²) in [4.78, 5) is 38.4. The van der Waals surface area contributed by atoms with Crippen LogP contribution in [0.4, 0.5) is 5.69 Å². The maximum Gasteiger partial charge on any atom is 0.338 e. The molecule has 8 nitrogen and oxygen atoms in total. The van der Waals surface area contributed by atoms with Crippen LogP contribution in [0.25, 0.3) is 0 Å². The predicted molar refractivity (Wildman–Crippen MR) is 84.6 cm³/mol. The number of hydrogen-bond acceptors (Lipinski definition) is 6. The summed E-state index contributed by atoms with van der Waals surface area (Å²) >= 11 is 0. The maximum atomic E-state index is 12.4. The second kappa shape index (κ2) is 7.32. The summed E-state index contributed by atoms with van der Waals surface area (Å²) in [6.45, 7) is 1.73. The third-order valence-corrected chi connectivity index (χ3v) is 3.29. The Labute approximate surface area is 137 Å². The van der Waals surface area contributed by atoms with Gasteiger partial charge in [-0.25, -0.2) is 4.79 Å². The number of esters is 1. The number of amides is 1. The first-order chi connectivity index (χ1) is 11.4. The van der Waals surface area contributed by atoms with Gasteiger partial charge in [0.2, 0.25) is 0 Å². The predicted octanol–water partition coefficient (Wildman–Crippen LogP) is 2.27. The van der Waals surface area contributed by atoms with Gasteiger partial charge in [-0.15, -0.1) is 0 Å². The molecule has 0 aliphatic rings. The lowest BCUT2D eigenvalue weighted by Crippen LogP contribution is -2.27. The Kier molecular flexibility index (Phi) is 5.20. The smallest absolute Gasteiger partial charge is 0.338 e. The highest BCUT2D eigenvalue weighted by Gasteiger charge is 2.19. The number of pyridine rings is 1. The largest absolute Gasteiger partial charge is 0.465 e. The van der Waals surface area contributed by atoms with Crippen molar-refractivity contribution in [3.63, 3.8) is 0 Å². The van der Waals surface area contributed by atoms with E-state index in [0.29, 0.717) is 5.69 Å². The summed E-state index contributed by atoms with van der Waals surface area (Å²) in [5.74, 6) is -1.31. The number of non-ortho nitro benzene ring substituents is 1. The quantitative estimate of drug-likeness (QED) is 0.511. The second-order valence-corrected chi connectivity index (χ2v) is 4.97. The van der Waals surface area contributed by atoms with E-state index in [1.54, 1.807) is 31.3 Å². The molecule has 1 N–H and O–H groups in total. The molecule has 0 spiro atoms. The van der Waals surface area contributed by atoms with Gasteiger partial charge < -0.3 is 10.1 Å². The first-order valence-electron chi connectivity index (χ1n) is 7.02. The van der Waals surface area contributed by atoms with E-state index in [0.717, 1.165) is 19.2 Å². The third-order valence-electron chi connectivity index (χ3n) is 3.29. The van der Waals surface area contributed by atoms with Gasteiger partial charge in [-0.05, 0) is 25.1 Å². The van der Waals surface area contributed by atoms with Gasteiger partial charge >= 0.3 is 5.97 Å². The highest BCUT2D eigenvalue weighted by atomic mass is 16.6. The highest BCUT2D eigenvalue weighted by Crippen LogP contribution is 2.19. The molecule has 0 radical (unpaired) electrons. The minimum absolute atomic E-state index is 0.00705. The molecule has 0 bridgehead atoms. The summed E-state index contributed by atoms with van der Waals surface area (Å²) in [7, 11) is 1.16. The zero-order valence-electron chi connectivity index (χ0n) is 13.1. The number of carbonyl (C=O) groups is 2. The zero-order valence-corrected chi connectivity index (χ0v) is 13.1. The number of ether oxygens (including phenoxy) is 1. The number of carbonyl (C=O) groups excluding carboxylic acids is 2. The fourth-order valence-electron chi connectivity index (χ4n) is 2.07. The minimum atomic E-state index is -0.759. The lowest BCUT2D eigenvalue weighted by atomic mass is 10.1. The van der Waals surface area contributed by atoms with Gasteiger partial charge in [0.1, 0.15) is 0 Å². The lowest BCUT2D eigenvalue weighted by molar-refractivity contribution is -0.384. The van der Waals surface area contributed by atoms with Crippen LogP contribution < -0.4 is 5.32 Å². The number of nitro groups is 1. The van der Waals surface area contributed by atoms with E-state index < -0.39 is 22.8 Å². The molecule has 1 aromatic carbocycles. The van der Waals surface area contributed by atoms with Gasteiger partial charge in [0.05, 0.1) is 29.3 Å². The van der Waals surface area contributed by atoms with Crippen LogP contribution in [0.5, 0.6) is 0 Å². The summed E-state index contributed by atoms with van der Waals surface area (Å²) in [6.07, 6.45) is 1.60.